The summed E-state index contributed by atoms with van der Waals surface area (Å²) in [6.45, 7) is 1.92. The Kier molecular flexibility index (Phi) is 5.46. The van der Waals surface area contributed by atoms with Crippen LogP contribution in [0.2, 0.25) is 0 Å². The Morgan fingerprint density at radius 2 is 2.10 bits per heavy atom. The van der Waals surface area contributed by atoms with Crippen molar-refractivity contribution >= 4 is 22.8 Å². The highest BCUT2D eigenvalue weighted by Crippen LogP contribution is 2.22. The van der Waals surface area contributed by atoms with Gasteiger partial charge in [0.05, 0.1) is 17.1 Å². The van der Waals surface area contributed by atoms with E-state index in [1.807, 2.05) is 17.8 Å². The summed E-state index contributed by atoms with van der Waals surface area (Å²) < 4.78 is 2.28. The summed E-state index contributed by atoms with van der Waals surface area (Å²) in [6.07, 6.45) is 3.08. The van der Waals surface area contributed by atoms with Gasteiger partial charge in [0.15, 0.2) is 0 Å². The number of rotatable bonds is 7. The number of thioether (sulfide) groups is 1. The number of aromatic nitrogens is 2. The topological polar surface area (TPSA) is 47.1 Å². The lowest BCUT2D eigenvalue weighted by Crippen LogP contribution is -2.23. The summed E-state index contributed by atoms with van der Waals surface area (Å²) in [5, 5.41) is 0. The van der Waals surface area contributed by atoms with E-state index in [0.29, 0.717) is 0 Å². The lowest BCUT2D eigenvalue weighted by molar-refractivity contribution is 0.380. The largest absolute Gasteiger partial charge is 0.325 e. The minimum absolute atomic E-state index is 0.0111. The Hall–Kier alpha value is -1.04. The third-order valence-electron chi connectivity index (χ3n) is 3.42. The molecule has 0 amide bonds. The van der Waals surface area contributed by atoms with E-state index in [4.69, 9.17) is 10.7 Å². The number of para-hydroxylation sites is 2. The van der Waals surface area contributed by atoms with Gasteiger partial charge in [-0.3, -0.25) is 0 Å². The van der Waals surface area contributed by atoms with Crippen LogP contribution in [0.5, 0.6) is 0 Å². The number of fused-ring (bicyclic) bond motifs is 1. The van der Waals surface area contributed by atoms with Crippen LogP contribution in [-0.2, 0) is 6.54 Å². The van der Waals surface area contributed by atoms with Gasteiger partial charge in [-0.1, -0.05) is 12.1 Å². The molecule has 0 fully saturated rings. The number of nitrogens with zero attached hydrogens (tertiary/aromatic N) is 3. The molecule has 0 aliphatic heterocycles. The van der Waals surface area contributed by atoms with Crippen LogP contribution in [0, 0.1) is 0 Å². The number of hydrogen-bond acceptors (Lipinski definition) is 4. The summed E-state index contributed by atoms with van der Waals surface area (Å²) in [6, 6.07) is 8.29. The fourth-order valence-corrected chi connectivity index (χ4v) is 2.78. The summed E-state index contributed by atoms with van der Waals surface area (Å²) in [5.74, 6) is 2.08. The second-order valence-electron chi connectivity index (χ2n) is 5.30. The van der Waals surface area contributed by atoms with Crippen LogP contribution in [-0.4, -0.2) is 47.1 Å². The number of hydrogen-bond donors (Lipinski definition) is 1. The van der Waals surface area contributed by atoms with Crippen molar-refractivity contribution < 1.29 is 0 Å². The normalized spacial score (nSPS) is 13.2. The van der Waals surface area contributed by atoms with E-state index in [-0.39, 0.29) is 6.04 Å². The predicted molar refractivity (Wildman–Crippen MR) is 88.2 cm³/mol. The highest BCUT2D eigenvalue weighted by Gasteiger charge is 2.16. The Bertz CT molecular complexity index is 550. The zero-order valence-electron chi connectivity index (χ0n) is 12.5. The molecule has 5 heteroatoms. The standard InChI is InChI=1S/C15H24N4S/c1-18(2)9-10-19-14-7-5-4-6-13(14)17-15(19)12(16)8-11-20-3/h4-7,12H,8-11,16H2,1-3H3. The molecular weight excluding hydrogens is 268 g/mol. The summed E-state index contributed by atoms with van der Waals surface area (Å²) >= 11 is 1.83. The molecule has 20 heavy (non-hydrogen) atoms. The number of likely N-dealkylation sites (N-methyl/N-ethyl adjacent to an activating group) is 1. The second-order valence-corrected chi connectivity index (χ2v) is 6.29. The van der Waals surface area contributed by atoms with Gasteiger partial charge in [0.2, 0.25) is 0 Å². The van der Waals surface area contributed by atoms with Gasteiger partial charge in [0, 0.05) is 13.1 Å². The number of benzene rings is 1. The lowest BCUT2D eigenvalue weighted by atomic mass is 10.2. The van der Waals surface area contributed by atoms with Crippen LogP contribution in [0.1, 0.15) is 18.3 Å². The van der Waals surface area contributed by atoms with E-state index in [1.54, 1.807) is 0 Å². The van der Waals surface area contributed by atoms with Crippen LogP contribution in [0.4, 0.5) is 0 Å². The molecule has 0 saturated heterocycles. The predicted octanol–water partition coefficient (Wildman–Crippen LogP) is 2.35. The van der Waals surface area contributed by atoms with Crippen LogP contribution in [0.25, 0.3) is 11.0 Å². The molecular formula is C15H24N4S. The third kappa shape index (κ3) is 3.53. The molecule has 1 atom stereocenters. The van der Waals surface area contributed by atoms with Crippen LogP contribution >= 0.6 is 11.8 Å². The van der Waals surface area contributed by atoms with Crippen molar-refractivity contribution in [2.75, 3.05) is 32.6 Å². The molecule has 0 spiro atoms. The van der Waals surface area contributed by atoms with Gasteiger partial charge in [-0.15, -0.1) is 0 Å². The molecule has 110 valence electrons. The van der Waals surface area contributed by atoms with E-state index in [9.17, 15) is 0 Å². The quantitative estimate of drug-likeness (QED) is 0.851. The molecule has 1 unspecified atom stereocenters. The van der Waals surface area contributed by atoms with Gasteiger partial charge in [-0.2, -0.15) is 11.8 Å². The first-order valence-corrected chi connectivity index (χ1v) is 8.37. The van der Waals surface area contributed by atoms with Crippen LogP contribution in [0.3, 0.4) is 0 Å². The molecule has 4 nitrogen and oxygen atoms in total. The molecule has 2 rings (SSSR count). The smallest absolute Gasteiger partial charge is 0.126 e. The molecule has 2 N–H and O–H groups in total. The van der Waals surface area contributed by atoms with Gasteiger partial charge in [0.1, 0.15) is 5.82 Å². The van der Waals surface area contributed by atoms with Gasteiger partial charge in [-0.05, 0) is 44.7 Å². The fourth-order valence-electron chi connectivity index (χ4n) is 2.29. The van der Waals surface area contributed by atoms with Gasteiger partial charge < -0.3 is 15.2 Å². The summed E-state index contributed by atoms with van der Waals surface area (Å²) in [7, 11) is 4.18. The van der Waals surface area contributed by atoms with Crippen molar-refractivity contribution in [3.63, 3.8) is 0 Å². The first-order valence-electron chi connectivity index (χ1n) is 6.98. The maximum Gasteiger partial charge on any atom is 0.126 e. The van der Waals surface area contributed by atoms with Crippen molar-refractivity contribution in [3.05, 3.63) is 30.1 Å². The summed E-state index contributed by atoms with van der Waals surface area (Å²) in [5.41, 5.74) is 8.57. The minimum atomic E-state index is 0.0111. The molecule has 2 aromatic rings. The van der Waals surface area contributed by atoms with Crippen molar-refractivity contribution in [1.29, 1.82) is 0 Å². The first-order chi connectivity index (χ1) is 9.63. The van der Waals surface area contributed by atoms with Crippen molar-refractivity contribution in [2.45, 2.75) is 19.0 Å². The molecule has 0 radical (unpaired) electrons. The Labute approximate surface area is 125 Å². The monoisotopic (exact) mass is 292 g/mol. The average Bonchev–Trinajstić information content (AvgIpc) is 2.81. The maximum absolute atomic E-state index is 6.34. The molecule has 0 aliphatic rings. The average molecular weight is 292 g/mol. The van der Waals surface area contributed by atoms with E-state index >= 15 is 0 Å². The van der Waals surface area contributed by atoms with Crippen LogP contribution in [0.15, 0.2) is 24.3 Å². The fraction of sp³-hybridized carbons (Fsp3) is 0.533. The first kappa shape index (κ1) is 15.4. The van der Waals surface area contributed by atoms with Crippen molar-refractivity contribution in [2.24, 2.45) is 5.73 Å². The lowest BCUT2D eigenvalue weighted by Gasteiger charge is -2.16. The number of nitrogens with two attached hydrogens (primary N) is 1. The molecule has 0 bridgehead atoms. The Morgan fingerprint density at radius 3 is 2.80 bits per heavy atom. The van der Waals surface area contributed by atoms with E-state index in [2.05, 4.69) is 48.0 Å². The molecule has 1 heterocycles. The van der Waals surface area contributed by atoms with E-state index in [1.165, 1.54) is 5.52 Å². The minimum Gasteiger partial charge on any atom is -0.325 e. The van der Waals surface area contributed by atoms with Gasteiger partial charge >= 0.3 is 0 Å². The highest BCUT2D eigenvalue weighted by atomic mass is 32.2. The molecule has 1 aromatic heterocycles. The molecule has 1 aromatic carbocycles. The molecule has 0 saturated carbocycles. The van der Waals surface area contributed by atoms with Gasteiger partial charge in [0.25, 0.3) is 0 Å². The van der Waals surface area contributed by atoms with Crippen molar-refractivity contribution in [3.8, 4) is 0 Å². The molecule has 0 aliphatic carbocycles. The van der Waals surface area contributed by atoms with E-state index in [0.717, 1.165) is 36.6 Å². The second kappa shape index (κ2) is 7.11. The third-order valence-corrected chi connectivity index (χ3v) is 4.06. The number of imidazole rings is 1. The highest BCUT2D eigenvalue weighted by molar-refractivity contribution is 7.98. The maximum atomic E-state index is 6.34. The Balaban J connectivity index is 2.33. The SMILES string of the molecule is CSCCC(N)c1nc2ccccc2n1CCN(C)C. The van der Waals surface area contributed by atoms with Gasteiger partial charge in [-0.25, -0.2) is 4.98 Å². The zero-order chi connectivity index (χ0) is 14.5. The summed E-state index contributed by atoms with van der Waals surface area (Å²) in [4.78, 5) is 6.94. The zero-order valence-corrected chi connectivity index (χ0v) is 13.4. The van der Waals surface area contributed by atoms with Crippen molar-refractivity contribution in [1.82, 2.24) is 14.5 Å². The van der Waals surface area contributed by atoms with Crippen LogP contribution < -0.4 is 5.73 Å². The Morgan fingerprint density at radius 1 is 1.35 bits per heavy atom. The van der Waals surface area contributed by atoms with E-state index < -0.39 is 0 Å².